The van der Waals surface area contributed by atoms with Crippen LogP contribution in [0.1, 0.15) is 32.3 Å². The minimum Gasteiger partial charge on any atom is -0.327 e. The number of rotatable bonds is 5. The molecule has 1 aromatic carbocycles. The second-order valence-corrected chi connectivity index (χ2v) is 5.26. The Bertz CT molecular complexity index is 616. The predicted octanol–water partition coefficient (Wildman–Crippen LogP) is 2.18. The van der Waals surface area contributed by atoms with Crippen LogP contribution in [0.5, 0.6) is 0 Å². The van der Waals surface area contributed by atoms with Gasteiger partial charge in [-0.2, -0.15) is 5.11 Å². The van der Waals surface area contributed by atoms with Gasteiger partial charge in [-0.3, -0.25) is 9.59 Å². The predicted molar refractivity (Wildman–Crippen MR) is 75.3 cm³/mol. The first-order chi connectivity index (χ1) is 10.4. The van der Waals surface area contributed by atoms with E-state index in [4.69, 9.17) is 10.4 Å². The number of hydroxylamine groups is 2. The number of benzene rings is 1. The van der Waals surface area contributed by atoms with Crippen LogP contribution in [0.2, 0.25) is 0 Å². The van der Waals surface area contributed by atoms with Crippen LogP contribution in [0.15, 0.2) is 35.4 Å². The van der Waals surface area contributed by atoms with Gasteiger partial charge in [0, 0.05) is 6.42 Å². The molecule has 22 heavy (non-hydrogen) atoms. The number of nitrogens with zero attached hydrogens (tertiary/aromatic N) is 2. The minimum absolute atomic E-state index is 0.0304. The summed E-state index contributed by atoms with van der Waals surface area (Å²) in [5, 5.41) is 3.85. The summed E-state index contributed by atoms with van der Waals surface area (Å²) in [5.41, 5.74) is 6.15. The van der Waals surface area contributed by atoms with Crippen LogP contribution >= 0.6 is 0 Å². The molecular formula is C15H17N3O4. The molecule has 1 heterocycles. The third-order valence-corrected chi connectivity index (χ3v) is 3.82. The molecule has 0 aromatic heterocycles. The van der Waals surface area contributed by atoms with Crippen molar-refractivity contribution in [1.29, 1.82) is 5.53 Å². The molecule has 0 radical (unpaired) electrons. The van der Waals surface area contributed by atoms with Crippen molar-refractivity contribution in [1.82, 2.24) is 5.06 Å². The van der Waals surface area contributed by atoms with Gasteiger partial charge >= 0.3 is 5.97 Å². The van der Waals surface area contributed by atoms with Crippen molar-refractivity contribution in [2.45, 2.75) is 32.2 Å². The van der Waals surface area contributed by atoms with E-state index < -0.39 is 29.2 Å². The number of hydrogen-bond donors (Lipinski definition) is 1. The van der Waals surface area contributed by atoms with E-state index in [0.29, 0.717) is 17.0 Å². The average Bonchev–Trinajstić information content (AvgIpc) is 2.82. The highest BCUT2D eigenvalue weighted by Gasteiger charge is 2.45. The smallest absolute Gasteiger partial charge is 0.327 e. The highest BCUT2D eigenvalue weighted by molar-refractivity contribution is 6.03. The molecule has 2 rings (SSSR count). The number of carbonyl (C=O) groups excluding carboxylic acids is 3. The van der Waals surface area contributed by atoms with Gasteiger partial charge in [0.15, 0.2) is 0 Å². The van der Waals surface area contributed by atoms with E-state index in [9.17, 15) is 14.4 Å². The van der Waals surface area contributed by atoms with Crippen molar-refractivity contribution in [2.24, 2.45) is 11.0 Å². The van der Waals surface area contributed by atoms with Crippen molar-refractivity contribution in [3.8, 4) is 0 Å². The monoisotopic (exact) mass is 303 g/mol. The topological polar surface area (TPSA) is 99.9 Å². The summed E-state index contributed by atoms with van der Waals surface area (Å²) in [5.74, 6) is -2.48. The normalized spacial score (nSPS) is 20.6. The summed E-state index contributed by atoms with van der Waals surface area (Å²) in [7, 11) is 0. The molecule has 2 unspecified atom stereocenters. The van der Waals surface area contributed by atoms with Crippen LogP contribution in [-0.4, -0.2) is 22.8 Å². The van der Waals surface area contributed by atoms with Crippen molar-refractivity contribution in [3.63, 3.8) is 0 Å². The SMILES string of the molecule is CCC1CC(=O)N(OC(=O)C(C)(N=N)c2ccccc2)C1=O. The molecule has 1 N–H and O–H groups in total. The van der Waals surface area contributed by atoms with E-state index in [1.165, 1.54) is 6.92 Å². The van der Waals surface area contributed by atoms with Crippen molar-refractivity contribution >= 4 is 17.8 Å². The number of imide groups is 1. The highest BCUT2D eigenvalue weighted by atomic mass is 16.7. The van der Waals surface area contributed by atoms with Crippen LogP contribution in [0.3, 0.4) is 0 Å². The van der Waals surface area contributed by atoms with Gasteiger partial charge in [-0.1, -0.05) is 37.3 Å². The lowest BCUT2D eigenvalue weighted by Crippen LogP contribution is -2.40. The van der Waals surface area contributed by atoms with Gasteiger partial charge in [0.25, 0.3) is 11.8 Å². The van der Waals surface area contributed by atoms with Gasteiger partial charge in [0.2, 0.25) is 5.54 Å². The fraction of sp³-hybridized carbons (Fsp3) is 0.400. The Morgan fingerprint density at radius 3 is 2.55 bits per heavy atom. The van der Waals surface area contributed by atoms with Crippen LogP contribution in [0, 0.1) is 11.4 Å². The Morgan fingerprint density at radius 1 is 1.41 bits per heavy atom. The lowest BCUT2D eigenvalue weighted by molar-refractivity contribution is -0.202. The van der Waals surface area contributed by atoms with Crippen LogP contribution in [-0.2, 0) is 24.8 Å². The minimum atomic E-state index is -1.61. The summed E-state index contributed by atoms with van der Waals surface area (Å²) >= 11 is 0. The van der Waals surface area contributed by atoms with Crippen molar-refractivity contribution in [2.75, 3.05) is 0 Å². The van der Waals surface area contributed by atoms with E-state index in [0.717, 1.165) is 0 Å². The Balaban J connectivity index is 2.22. The molecule has 116 valence electrons. The quantitative estimate of drug-likeness (QED) is 0.665. The van der Waals surface area contributed by atoms with E-state index in [1.54, 1.807) is 37.3 Å². The molecule has 0 saturated carbocycles. The molecule has 0 bridgehead atoms. The second-order valence-electron chi connectivity index (χ2n) is 5.26. The number of carbonyl (C=O) groups is 3. The Labute approximate surface area is 127 Å². The number of hydrogen-bond acceptors (Lipinski definition) is 6. The van der Waals surface area contributed by atoms with Gasteiger partial charge < -0.3 is 4.84 Å². The molecule has 2 amide bonds. The highest BCUT2D eigenvalue weighted by Crippen LogP contribution is 2.29. The summed E-state index contributed by atoms with van der Waals surface area (Å²) in [6, 6.07) is 8.42. The standard InChI is InChI=1S/C15H17N3O4/c1-3-10-9-12(19)18(13(10)20)22-14(21)15(2,17-16)11-7-5-4-6-8-11/h4-8,10,16H,3,9H2,1-2H3. The average molecular weight is 303 g/mol. The second kappa shape index (κ2) is 6.05. The molecule has 1 saturated heterocycles. The van der Waals surface area contributed by atoms with Gasteiger partial charge in [0.05, 0.1) is 5.92 Å². The fourth-order valence-corrected chi connectivity index (χ4v) is 2.25. The largest absolute Gasteiger partial charge is 0.366 e. The van der Waals surface area contributed by atoms with Crippen LogP contribution in [0.4, 0.5) is 0 Å². The molecular weight excluding hydrogens is 286 g/mol. The summed E-state index contributed by atoms with van der Waals surface area (Å²) in [4.78, 5) is 41.1. The van der Waals surface area contributed by atoms with Crippen LogP contribution < -0.4 is 0 Å². The Morgan fingerprint density at radius 2 is 2.05 bits per heavy atom. The van der Waals surface area contributed by atoms with Gasteiger partial charge in [-0.05, 0) is 18.9 Å². The number of amides is 2. The molecule has 1 aliphatic heterocycles. The van der Waals surface area contributed by atoms with E-state index in [-0.39, 0.29) is 6.42 Å². The molecule has 2 atom stereocenters. The maximum atomic E-state index is 12.4. The van der Waals surface area contributed by atoms with Crippen molar-refractivity contribution < 1.29 is 19.2 Å². The summed E-state index contributed by atoms with van der Waals surface area (Å²) in [6.45, 7) is 3.19. The number of nitrogens with one attached hydrogen (secondary N) is 1. The molecule has 1 fully saturated rings. The van der Waals surface area contributed by atoms with E-state index >= 15 is 0 Å². The molecule has 0 spiro atoms. The van der Waals surface area contributed by atoms with Gasteiger partial charge in [0.1, 0.15) is 0 Å². The maximum absolute atomic E-state index is 12.4. The van der Waals surface area contributed by atoms with Crippen LogP contribution in [0.25, 0.3) is 0 Å². The molecule has 1 aromatic rings. The lowest BCUT2D eigenvalue weighted by atomic mass is 9.93. The zero-order chi connectivity index (χ0) is 16.3. The Hall–Kier alpha value is -2.57. The fourth-order valence-electron chi connectivity index (χ4n) is 2.25. The molecule has 1 aliphatic rings. The zero-order valence-corrected chi connectivity index (χ0v) is 12.4. The summed E-state index contributed by atoms with van der Waals surface area (Å²) < 4.78 is 0. The third kappa shape index (κ3) is 2.61. The Kier molecular flexibility index (Phi) is 4.35. The third-order valence-electron chi connectivity index (χ3n) is 3.82. The molecule has 7 nitrogen and oxygen atoms in total. The zero-order valence-electron chi connectivity index (χ0n) is 12.4. The molecule has 0 aliphatic carbocycles. The maximum Gasteiger partial charge on any atom is 0.366 e. The first-order valence-corrected chi connectivity index (χ1v) is 6.97. The van der Waals surface area contributed by atoms with Gasteiger partial charge in [-0.15, -0.1) is 5.06 Å². The van der Waals surface area contributed by atoms with Gasteiger partial charge in [-0.25, -0.2) is 10.3 Å². The first kappa shape index (κ1) is 15.8. The summed E-state index contributed by atoms with van der Waals surface area (Å²) in [6.07, 6.45) is 0.528. The first-order valence-electron chi connectivity index (χ1n) is 6.97. The van der Waals surface area contributed by atoms with E-state index in [1.807, 2.05) is 0 Å². The van der Waals surface area contributed by atoms with Crippen molar-refractivity contribution in [3.05, 3.63) is 35.9 Å². The lowest BCUT2D eigenvalue weighted by Gasteiger charge is -2.23. The van der Waals surface area contributed by atoms with E-state index in [2.05, 4.69) is 5.11 Å². The molecule has 7 heteroatoms.